The number of hydrogen-bond donors (Lipinski definition) is 0. The smallest absolute Gasteiger partial charge is 0.872 e. The van der Waals surface area contributed by atoms with Crippen LogP contribution < -0.4 is 21.5 Å². The van der Waals surface area contributed by atoms with Crippen LogP contribution in [0, 0.1) is 13.8 Å². The largest absolute Gasteiger partial charge is 2.00 e. The molecule has 2 aromatic heterocycles. The molecule has 215 valence electrons. The standard InChI is InChI=1S/C34H26N2O6.Co/c1-17-15-28(39)41-33-22(17)11-13-26(37)30(33)19(3)35-24-9-5-7-21-8-6-10-25(32(21)24)36-20(4)31-27(38)14-12-23-18(2)16-29(40)42-34(23)31;/h5-16,37-38H,1-4H3;/q;+2/p-2. The maximum atomic E-state index is 13.0. The Balaban J connectivity index is 0.00000368. The SMILES string of the molecule is CC(=Nc1cccc2cccc(N=C(C)c3c([O-])ccc4c(C)cc(=O)oc34)c12)c1c([O-])ccc2c(C)cc(=O)oc12.[Co+2]. The van der Waals surface area contributed by atoms with Crippen LogP contribution >= 0.6 is 0 Å². The summed E-state index contributed by atoms with van der Waals surface area (Å²) in [4.78, 5) is 34.0. The van der Waals surface area contributed by atoms with Gasteiger partial charge in [-0.05, 0) is 56.3 Å². The fourth-order valence-corrected chi connectivity index (χ4v) is 5.38. The average molecular weight is 616 g/mol. The molecule has 0 unspecified atom stereocenters. The molecule has 0 amide bonds. The van der Waals surface area contributed by atoms with Crippen LogP contribution in [0.5, 0.6) is 11.5 Å². The molecule has 6 rings (SSSR count). The van der Waals surface area contributed by atoms with Crippen LogP contribution in [0.15, 0.2) is 101 Å². The van der Waals surface area contributed by atoms with E-state index in [9.17, 15) is 19.8 Å². The fourth-order valence-electron chi connectivity index (χ4n) is 5.38. The molecule has 6 aromatic rings. The fraction of sp³-hybridized carbons (Fsp3) is 0.118. The molecule has 0 saturated carbocycles. The van der Waals surface area contributed by atoms with Crippen LogP contribution in [0.1, 0.15) is 36.1 Å². The van der Waals surface area contributed by atoms with Crippen LogP contribution in [0.3, 0.4) is 0 Å². The van der Waals surface area contributed by atoms with Gasteiger partial charge in [0.05, 0.1) is 11.4 Å². The summed E-state index contributed by atoms with van der Waals surface area (Å²) >= 11 is 0. The van der Waals surface area contributed by atoms with E-state index in [0.29, 0.717) is 50.1 Å². The van der Waals surface area contributed by atoms with Gasteiger partial charge in [-0.2, -0.15) is 0 Å². The molecule has 0 aliphatic carbocycles. The maximum absolute atomic E-state index is 13.0. The zero-order valence-corrected chi connectivity index (χ0v) is 24.6. The van der Waals surface area contributed by atoms with Gasteiger partial charge in [-0.3, -0.25) is 9.98 Å². The normalized spacial score (nSPS) is 12.2. The summed E-state index contributed by atoms with van der Waals surface area (Å²) in [6.07, 6.45) is 0. The van der Waals surface area contributed by atoms with Crippen molar-refractivity contribution in [2.45, 2.75) is 27.7 Å². The molecule has 0 aliphatic rings. The summed E-state index contributed by atoms with van der Waals surface area (Å²) in [6, 6.07) is 20.1. The molecule has 2 heterocycles. The molecule has 9 heteroatoms. The van der Waals surface area contributed by atoms with Gasteiger partial charge in [-0.15, -0.1) is 0 Å². The number of rotatable bonds is 4. The second kappa shape index (κ2) is 11.4. The Bertz CT molecular complexity index is 2110. The first-order chi connectivity index (χ1) is 20.1. The van der Waals surface area contributed by atoms with Crippen molar-refractivity contribution in [1.82, 2.24) is 0 Å². The van der Waals surface area contributed by atoms with Gasteiger partial charge in [-0.1, -0.05) is 60.0 Å². The monoisotopic (exact) mass is 615 g/mol. The minimum absolute atomic E-state index is 0. The van der Waals surface area contributed by atoms with Crippen molar-refractivity contribution in [1.29, 1.82) is 0 Å². The van der Waals surface area contributed by atoms with Crippen LogP contribution in [0.25, 0.3) is 32.7 Å². The van der Waals surface area contributed by atoms with E-state index < -0.39 is 11.3 Å². The van der Waals surface area contributed by atoms with Crippen molar-refractivity contribution in [3.8, 4) is 11.5 Å². The van der Waals surface area contributed by atoms with E-state index in [1.807, 2.05) is 24.3 Å². The van der Waals surface area contributed by atoms with Gasteiger partial charge in [-0.25, -0.2) is 9.59 Å². The van der Waals surface area contributed by atoms with Crippen LogP contribution in [0.2, 0.25) is 0 Å². The molecule has 0 saturated heterocycles. The third kappa shape index (κ3) is 5.24. The Labute approximate surface area is 255 Å². The maximum Gasteiger partial charge on any atom is 2.00 e. The van der Waals surface area contributed by atoms with Gasteiger partial charge in [0, 0.05) is 50.8 Å². The van der Waals surface area contributed by atoms with Gasteiger partial charge in [0.15, 0.2) is 0 Å². The van der Waals surface area contributed by atoms with E-state index in [-0.39, 0.29) is 50.6 Å². The first kappa shape index (κ1) is 29.5. The third-order valence-electron chi connectivity index (χ3n) is 7.32. The van der Waals surface area contributed by atoms with Gasteiger partial charge >= 0.3 is 28.0 Å². The van der Waals surface area contributed by atoms with Crippen molar-refractivity contribution >= 4 is 55.5 Å². The van der Waals surface area contributed by atoms with E-state index >= 15 is 0 Å². The molecule has 0 bridgehead atoms. The van der Waals surface area contributed by atoms with Gasteiger partial charge in [0.25, 0.3) is 0 Å². The van der Waals surface area contributed by atoms with E-state index in [1.165, 1.54) is 24.3 Å². The number of nitrogens with zero attached hydrogens (tertiary/aromatic N) is 2. The zero-order chi connectivity index (χ0) is 29.7. The third-order valence-corrected chi connectivity index (χ3v) is 7.32. The predicted molar refractivity (Wildman–Crippen MR) is 161 cm³/mol. The van der Waals surface area contributed by atoms with Gasteiger partial charge in [0.1, 0.15) is 11.2 Å². The Morgan fingerprint density at radius 3 is 1.49 bits per heavy atom. The molecule has 0 N–H and O–H groups in total. The van der Waals surface area contributed by atoms with Crippen molar-refractivity contribution in [2.75, 3.05) is 0 Å². The van der Waals surface area contributed by atoms with E-state index in [1.54, 1.807) is 52.0 Å². The van der Waals surface area contributed by atoms with Crippen LogP contribution in [-0.4, -0.2) is 11.4 Å². The summed E-state index contributed by atoms with van der Waals surface area (Å²) in [5.74, 6) is -0.634. The Morgan fingerprint density at radius 1 is 0.651 bits per heavy atom. The number of fused-ring (bicyclic) bond motifs is 3. The molecule has 0 atom stereocenters. The van der Waals surface area contributed by atoms with Crippen molar-refractivity contribution in [3.05, 3.63) is 116 Å². The van der Waals surface area contributed by atoms with Crippen molar-refractivity contribution in [2.24, 2.45) is 9.98 Å². The molecule has 4 aromatic carbocycles. The predicted octanol–water partition coefficient (Wildman–Crippen LogP) is 6.10. The topological polar surface area (TPSA) is 131 Å². The Morgan fingerprint density at radius 2 is 1.07 bits per heavy atom. The number of aryl methyl sites for hydroxylation is 2. The summed E-state index contributed by atoms with van der Waals surface area (Å²) in [7, 11) is 0. The summed E-state index contributed by atoms with van der Waals surface area (Å²) in [5, 5.41) is 28.8. The van der Waals surface area contributed by atoms with Gasteiger partial charge in [0.2, 0.25) is 0 Å². The van der Waals surface area contributed by atoms with E-state index in [0.717, 1.165) is 5.39 Å². The van der Waals surface area contributed by atoms with Crippen molar-refractivity contribution in [3.63, 3.8) is 0 Å². The van der Waals surface area contributed by atoms with E-state index in [4.69, 9.17) is 18.8 Å². The second-order valence-corrected chi connectivity index (χ2v) is 10.2. The molecule has 0 spiro atoms. The summed E-state index contributed by atoms with van der Waals surface area (Å²) in [5.41, 5.74) is 2.91. The molecule has 0 aliphatic heterocycles. The minimum atomic E-state index is -0.547. The molecule has 43 heavy (non-hydrogen) atoms. The number of benzene rings is 4. The molecule has 0 fully saturated rings. The number of hydrogen-bond acceptors (Lipinski definition) is 8. The molecular formula is C34H24CoN2O6. The average Bonchev–Trinajstić information content (AvgIpc) is 2.92. The Hall–Kier alpha value is -4.99. The van der Waals surface area contributed by atoms with E-state index in [2.05, 4.69) is 0 Å². The van der Waals surface area contributed by atoms with Gasteiger partial charge < -0.3 is 19.0 Å². The Kier molecular flexibility index (Phi) is 7.79. The first-order valence-corrected chi connectivity index (χ1v) is 13.2. The zero-order valence-electron chi connectivity index (χ0n) is 23.6. The van der Waals surface area contributed by atoms with Crippen molar-refractivity contribution < 1.29 is 35.8 Å². The molecule has 1 radical (unpaired) electrons. The second-order valence-electron chi connectivity index (χ2n) is 10.2. The first-order valence-electron chi connectivity index (χ1n) is 13.2. The van der Waals surface area contributed by atoms with Crippen LogP contribution in [-0.2, 0) is 16.8 Å². The minimum Gasteiger partial charge on any atom is -0.872 e. The summed E-state index contributed by atoms with van der Waals surface area (Å²) in [6.45, 7) is 6.96. The number of aliphatic imine (C=N–C) groups is 2. The quantitative estimate of drug-likeness (QED) is 0.174. The summed E-state index contributed by atoms with van der Waals surface area (Å²) < 4.78 is 10.9. The molecular weight excluding hydrogens is 591 g/mol. The molecule has 8 nitrogen and oxygen atoms in total. The van der Waals surface area contributed by atoms with Crippen LogP contribution in [0.4, 0.5) is 11.4 Å².